The van der Waals surface area contributed by atoms with Gasteiger partial charge in [-0.3, -0.25) is 14.4 Å². The Labute approximate surface area is 396 Å². The molecule has 358 valence electrons. The minimum Gasteiger partial charge on any atom is -0.497 e. The number of thiazole rings is 1. The molecule has 3 aromatic heterocycles. The molecule has 21 heteroatoms. The molecule has 2 unspecified atom stereocenters. The van der Waals surface area contributed by atoms with Crippen LogP contribution < -0.4 is 30.7 Å². The van der Waals surface area contributed by atoms with Crippen LogP contribution in [0.25, 0.3) is 22.3 Å². The number of carboxylic acid groups (broad SMARTS) is 1. The molecule has 1 saturated heterocycles. The number of pyridine rings is 1. The number of anilines is 1. The molecule has 6 atom stereocenters. The van der Waals surface area contributed by atoms with Gasteiger partial charge < -0.3 is 40.7 Å². The zero-order valence-electron chi connectivity index (χ0n) is 38.2. The van der Waals surface area contributed by atoms with Crippen LogP contribution in [-0.4, -0.2) is 112 Å². The number of allylic oxidation sites excluding steroid dienone is 1. The highest BCUT2D eigenvalue weighted by Gasteiger charge is 2.61. The number of carbonyl (C=O) groups excluding carboxylic acids is 4. The van der Waals surface area contributed by atoms with Gasteiger partial charge in [0.15, 0.2) is 5.13 Å². The van der Waals surface area contributed by atoms with Gasteiger partial charge in [-0.2, -0.15) is 0 Å². The molecule has 3 aliphatic heterocycles. The Morgan fingerprint density at radius 1 is 1.04 bits per heavy atom. The molecule has 1 aliphatic carbocycles. The van der Waals surface area contributed by atoms with Gasteiger partial charge in [-0.25, -0.2) is 32.3 Å². The standard InChI is InChI=1S/C46H56N8O10S3/c1-25(2)47-44-50-33(24-66-44)32-20-35(29-15-14-27(63-6)18-31(29)48-32)64-28-19-34-39(55)52-46(42(58)59)21-26(46)12-10-8-7-9-11-13-30(40(56)53(34)22-28)49-43(60)51-38(45(3,4)5)41(57)54-23-36-37(16-17-65-36)67(54,61)62/h10,12,14-18,20,24-26,28,30,34,38H,7-9,11,13,19,21-23H2,1-6H3,(H,47,50)(H,52,55)(H,58,59)(H2,49,51,60)/b12-10-/t26?,28-,30+,34+,38?,46-/m1/s1. The van der Waals surface area contributed by atoms with Crippen molar-refractivity contribution < 1.29 is 47.0 Å². The summed E-state index contributed by atoms with van der Waals surface area (Å²) in [4.78, 5) is 81.9. The number of ether oxygens (including phenoxy) is 2. The van der Waals surface area contributed by atoms with Crippen LogP contribution in [0, 0.1) is 11.3 Å². The predicted octanol–water partition coefficient (Wildman–Crippen LogP) is 5.89. The van der Waals surface area contributed by atoms with Crippen molar-refractivity contribution in [3.8, 4) is 22.9 Å². The fourth-order valence-electron chi connectivity index (χ4n) is 8.89. The maximum atomic E-state index is 15.0. The maximum Gasteiger partial charge on any atom is 0.330 e. The molecule has 8 rings (SSSR count). The number of urea groups is 1. The number of sulfonamides is 1. The highest BCUT2D eigenvalue weighted by Crippen LogP contribution is 2.46. The van der Waals surface area contributed by atoms with Gasteiger partial charge in [-0.1, -0.05) is 45.8 Å². The fourth-order valence-corrected chi connectivity index (χ4v) is 12.6. The largest absolute Gasteiger partial charge is 0.497 e. The zero-order chi connectivity index (χ0) is 48.0. The SMILES string of the molecule is COc1ccc2c(O[C@@H]3C[C@H]4C(=O)N[C@]5(C(=O)O)CC5/C=C\CCCCC[C@H](NC(=O)NC(C(=O)N5Cc6sccc6S5(=O)=O)C(C)(C)C)C(=O)N4C3)cc(-c3csc(NC(C)C)n3)nc2c1. The molecule has 1 saturated carbocycles. The molecule has 0 bridgehead atoms. The van der Waals surface area contributed by atoms with E-state index in [1.54, 1.807) is 51.5 Å². The molecule has 1 aromatic carbocycles. The van der Waals surface area contributed by atoms with Crippen molar-refractivity contribution in [3.63, 3.8) is 0 Å². The summed E-state index contributed by atoms with van der Waals surface area (Å²) in [5.74, 6) is -2.73. The first-order valence-corrected chi connectivity index (χ1v) is 25.6. The summed E-state index contributed by atoms with van der Waals surface area (Å²) in [5.41, 5.74) is -0.839. The number of rotatable bonds is 10. The number of nitrogens with zero attached hydrogens (tertiary/aromatic N) is 4. The molecule has 5 amide bonds. The molecule has 0 radical (unpaired) electrons. The number of amides is 5. The fraction of sp³-hybridized carbons (Fsp3) is 0.500. The van der Waals surface area contributed by atoms with Crippen molar-refractivity contribution in [2.75, 3.05) is 19.0 Å². The summed E-state index contributed by atoms with van der Waals surface area (Å²) < 4.78 is 39.9. The summed E-state index contributed by atoms with van der Waals surface area (Å²) in [6.07, 6.45) is 5.87. The molecule has 5 N–H and O–H groups in total. The Morgan fingerprint density at radius 2 is 1.84 bits per heavy atom. The van der Waals surface area contributed by atoms with E-state index < -0.39 is 80.8 Å². The van der Waals surface area contributed by atoms with Gasteiger partial charge >= 0.3 is 12.0 Å². The van der Waals surface area contributed by atoms with E-state index in [0.29, 0.717) is 63.1 Å². The summed E-state index contributed by atoms with van der Waals surface area (Å²) in [5, 5.41) is 26.8. The molecular formula is C46H56N8O10S3. The third-order valence-electron chi connectivity index (χ3n) is 12.6. The Kier molecular flexibility index (Phi) is 13.3. The Balaban J connectivity index is 1.09. The number of carbonyl (C=O) groups is 5. The van der Waals surface area contributed by atoms with E-state index in [1.165, 1.54) is 33.6 Å². The van der Waals surface area contributed by atoms with Gasteiger partial charge in [0, 0.05) is 46.2 Å². The number of aliphatic carboxylic acids is 1. The van der Waals surface area contributed by atoms with Crippen molar-refractivity contribution in [2.45, 2.75) is 127 Å². The third kappa shape index (κ3) is 9.81. The minimum absolute atomic E-state index is 0.0163. The Bertz CT molecular complexity index is 2730. The lowest BCUT2D eigenvalue weighted by molar-refractivity contribution is -0.145. The number of methoxy groups -OCH3 is 1. The second-order valence-corrected chi connectivity index (χ2v) is 22.6. The smallest absolute Gasteiger partial charge is 0.330 e. The summed E-state index contributed by atoms with van der Waals surface area (Å²) in [7, 11) is -2.59. The van der Waals surface area contributed by atoms with Crippen LogP contribution >= 0.6 is 22.7 Å². The van der Waals surface area contributed by atoms with Crippen LogP contribution in [0.2, 0.25) is 0 Å². The number of aromatic nitrogens is 2. The van der Waals surface area contributed by atoms with Gasteiger partial charge in [0.2, 0.25) is 11.8 Å². The Hall–Kier alpha value is -5.80. The molecular weight excluding hydrogens is 921 g/mol. The van der Waals surface area contributed by atoms with Gasteiger partial charge in [0.25, 0.3) is 15.9 Å². The number of fused-ring (bicyclic) bond motifs is 4. The average molecular weight is 977 g/mol. The second-order valence-electron chi connectivity index (χ2n) is 18.9. The molecule has 67 heavy (non-hydrogen) atoms. The molecule has 6 heterocycles. The van der Waals surface area contributed by atoms with Crippen LogP contribution in [0.3, 0.4) is 0 Å². The van der Waals surface area contributed by atoms with Crippen molar-refractivity contribution in [1.82, 2.24) is 35.1 Å². The maximum absolute atomic E-state index is 15.0. The molecule has 4 aromatic rings. The summed E-state index contributed by atoms with van der Waals surface area (Å²) in [6.45, 7) is 8.86. The molecule has 4 aliphatic rings. The molecule has 0 spiro atoms. The van der Waals surface area contributed by atoms with Crippen molar-refractivity contribution in [3.05, 3.63) is 58.1 Å². The monoisotopic (exact) mass is 976 g/mol. The van der Waals surface area contributed by atoms with E-state index in [9.17, 15) is 37.5 Å². The first-order valence-electron chi connectivity index (χ1n) is 22.4. The summed E-state index contributed by atoms with van der Waals surface area (Å²) in [6, 6.07) is 4.13. The highest BCUT2D eigenvalue weighted by molar-refractivity contribution is 7.90. The van der Waals surface area contributed by atoms with Crippen LogP contribution in [0.1, 0.15) is 84.4 Å². The van der Waals surface area contributed by atoms with Crippen molar-refractivity contribution in [2.24, 2.45) is 11.3 Å². The normalized spacial score (nSPS) is 24.9. The third-order valence-corrected chi connectivity index (χ3v) is 16.2. The lowest BCUT2D eigenvalue weighted by Gasteiger charge is -2.34. The number of nitrogens with one attached hydrogen (secondary N) is 4. The number of thiophene rings is 1. The van der Waals surface area contributed by atoms with Crippen LogP contribution in [-0.2, 0) is 35.7 Å². The van der Waals surface area contributed by atoms with Crippen LogP contribution in [0.15, 0.2) is 58.1 Å². The highest BCUT2D eigenvalue weighted by atomic mass is 32.2. The lowest BCUT2D eigenvalue weighted by Crippen LogP contribution is -2.60. The van der Waals surface area contributed by atoms with E-state index in [1.807, 2.05) is 37.4 Å². The first-order chi connectivity index (χ1) is 31.8. The molecule has 2 fully saturated rings. The number of benzene rings is 1. The first kappa shape index (κ1) is 47.7. The molecule has 18 nitrogen and oxygen atoms in total. The van der Waals surface area contributed by atoms with Crippen molar-refractivity contribution >= 4 is 78.5 Å². The number of hydrogen-bond acceptors (Lipinski definition) is 14. The van der Waals surface area contributed by atoms with Gasteiger partial charge in [-0.05, 0) is 68.5 Å². The predicted molar refractivity (Wildman–Crippen MR) is 252 cm³/mol. The van der Waals surface area contributed by atoms with Crippen molar-refractivity contribution in [1.29, 1.82) is 0 Å². The number of carboxylic acids is 1. The van der Waals surface area contributed by atoms with Crippen LogP contribution in [0.5, 0.6) is 11.5 Å². The van der Waals surface area contributed by atoms with E-state index in [-0.39, 0.29) is 43.3 Å². The summed E-state index contributed by atoms with van der Waals surface area (Å²) >= 11 is 2.66. The van der Waals surface area contributed by atoms with Gasteiger partial charge in [0.1, 0.15) is 51.9 Å². The quantitative estimate of drug-likeness (QED) is 0.117. The second kappa shape index (κ2) is 18.7. The average Bonchev–Trinajstić information content (AvgIpc) is 3.76. The zero-order valence-corrected chi connectivity index (χ0v) is 40.6. The van der Waals surface area contributed by atoms with Crippen LogP contribution in [0.4, 0.5) is 9.93 Å². The minimum atomic E-state index is -4.14. The van der Waals surface area contributed by atoms with E-state index in [4.69, 9.17) is 19.4 Å². The van der Waals surface area contributed by atoms with Gasteiger partial charge in [-0.15, -0.1) is 22.7 Å². The lowest BCUT2D eigenvalue weighted by atomic mass is 9.86. The van der Waals surface area contributed by atoms with E-state index in [2.05, 4.69) is 21.3 Å². The number of hydrogen-bond donors (Lipinski definition) is 5. The van der Waals surface area contributed by atoms with E-state index in [0.717, 1.165) is 10.7 Å². The topological polar surface area (TPSA) is 239 Å². The Morgan fingerprint density at radius 3 is 2.55 bits per heavy atom. The van der Waals surface area contributed by atoms with E-state index >= 15 is 0 Å². The van der Waals surface area contributed by atoms with Gasteiger partial charge in [0.05, 0.1) is 31.4 Å².